The summed E-state index contributed by atoms with van der Waals surface area (Å²) < 4.78 is 0. The summed E-state index contributed by atoms with van der Waals surface area (Å²) in [5.41, 5.74) is 0. The fraction of sp³-hybridized carbons (Fsp3) is 1.00. The van der Waals surface area contributed by atoms with Gasteiger partial charge >= 0.3 is 0 Å². The van der Waals surface area contributed by atoms with Gasteiger partial charge < -0.3 is 0 Å². The van der Waals surface area contributed by atoms with E-state index in [2.05, 4.69) is 20.0 Å². The van der Waals surface area contributed by atoms with Gasteiger partial charge in [-0.1, -0.05) is 14.6 Å². The van der Waals surface area contributed by atoms with Gasteiger partial charge in [0.25, 0.3) is 0 Å². The van der Waals surface area contributed by atoms with Crippen molar-refractivity contribution in [3.63, 3.8) is 0 Å². The second-order valence-electron chi connectivity index (χ2n) is 0.558. The van der Waals surface area contributed by atoms with Crippen molar-refractivity contribution in [3.05, 3.63) is 0 Å². The van der Waals surface area contributed by atoms with Crippen molar-refractivity contribution in [1.29, 1.82) is 0 Å². The molecule has 5 heavy (non-hydrogen) atoms. The molecule has 0 N–H and O–H groups in total. The molecule has 0 aliphatic heterocycles. The third-order valence-electron chi connectivity index (χ3n) is 0.236. The number of hydrogen-bond donors (Lipinski definition) is 0. The summed E-state index contributed by atoms with van der Waals surface area (Å²) in [4.78, 5) is 0. The third-order valence-corrected chi connectivity index (χ3v) is 2.12. The lowest BCUT2D eigenvalue weighted by Crippen LogP contribution is -1.56. The van der Waals surface area contributed by atoms with Crippen molar-refractivity contribution in [1.82, 2.24) is 0 Å². The Kier molecular flexibility index (Phi) is 5.66. The minimum Gasteiger partial charge on any atom is -0.195 e. The number of hydrogen-bond acceptors (Lipinski definition) is 1. The van der Waals surface area contributed by atoms with Crippen LogP contribution in [0.5, 0.6) is 0 Å². The SMILES string of the molecule is C[B]SPC. The van der Waals surface area contributed by atoms with E-state index in [0.29, 0.717) is 0 Å². The second-order valence-corrected chi connectivity index (χ2v) is 3.60. The Labute approximate surface area is 39.8 Å². The van der Waals surface area contributed by atoms with Crippen LogP contribution in [0.4, 0.5) is 0 Å². The van der Waals surface area contributed by atoms with Crippen LogP contribution in [0.2, 0.25) is 6.82 Å². The van der Waals surface area contributed by atoms with Crippen molar-refractivity contribution < 1.29 is 0 Å². The second kappa shape index (κ2) is 4.84. The molecule has 1 unspecified atom stereocenters. The summed E-state index contributed by atoms with van der Waals surface area (Å²) >= 11 is 1.87. The van der Waals surface area contributed by atoms with Gasteiger partial charge in [-0.3, -0.25) is 0 Å². The van der Waals surface area contributed by atoms with Gasteiger partial charge in [0.05, 0.1) is 0 Å². The predicted octanol–water partition coefficient (Wildman–Crippen LogP) is 1.61. The largest absolute Gasteiger partial charge is 0.195 e. The van der Waals surface area contributed by atoms with E-state index in [1.54, 1.807) is 0 Å². The van der Waals surface area contributed by atoms with Crippen LogP contribution in [-0.2, 0) is 0 Å². The maximum atomic E-state index is 2.17. The summed E-state index contributed by atoms with van der Waals surface area (Å²) in [5, 5.41) is 0. The average Bonchev–Trinajstić information content (AvgIpc) is 1.41. The van der Waals surface area contributed by atoms with E-state index in [-0.39, 0.29) is 0 Å². The number of rotatable bonds is 2. The van der Waals surface area contributed by atoms with Crippen LogP contribution in [0.1, 0.15) is 0 Å². The van der Waals surface area contributed by atoms with Crippen molar-refractivity contribution in [2.45, 2.75) is 6.82 Å². The highest BCUT2D eigenvalue weighted by molar-refractivity contribution is 8.62. The standard InChI is InChI=1S/C2H7BPS/c1-3-5-4-2/h4H,1-2H3. The molecule has 1 radical (unpaired) electrons. The molecular weight excluding hydrogens is 97.9 g/mol. The van der Waals surface area contributed by atoms with Gasteiger partial charge in [-0.25, -0.2) is 0 Å². The van der Waals surface area contributed by atoms with Crippen molar-refractivity contribution in [2.75, 3.05) is 6.66 Å². The molecule has 0 saturated carbocycles. The predicted molar refractivity (Wildman–Crippen MR) is 33.4 cm³/mol. The zero-order chi connectivity index (χ0) is 4.12. The molecular formula is C2H7BPS. The molecule has 0 fully saturated rings. The zero-order valence-electron chi connectivity index (χ0n) is 3.49. The molecule has 0 saturated heterocycles. The van der Waals surface area contributed by atoms with Gasteiger partial charge in [-0.2, -0.15) is 11.2 Å². The molecule has 0 spiro atoms. The van der Waals surface area contributed by atoms with Crippen LogP contribution in [0.15, 0.2) is 0 Å². The lowest BCUT2D eigenvalue weighted by Gasteiger charge is -1.79. The molecule has 0 aromatic heterocycles. The molecule has 0 aliphatic rings. The molecule has 0 amide bonds. The van der Waals surface area contributed by atoms with Gasteiger partial charge in [0.2, 0.25) is 0 Å². The molecule has 1 atom stereocenters. The highest BCUT2D eigenvalue weighted by Gasteiger charge is 1.70. The molecule has 0 nitrogen and oxygen atoms in total. The Bertz CT molecular complexity index is 17.1. The van der Waals surface area contributed by atoms with Crippen molar-refractivity contribution in [2.24, 2.45) is 0 Å². The van der Waals surface area contributed by atoms with Gasteiger partial charge in [0, 0.05) is 0 Å². The quantitative estimate of drug-likeness (QED) is 0.379. The zero-order valence-corrected chi connectivity index (χ0v) is 5.30. The average molecular weight is 105 g/mol. The topological polar surface area (TPSA) is 0 Å². The van der Waals surface area contributed by atoms with E-state index in [1.165, 1.54) is 0 Å². The normalized spacial score (nSPS) is 10.0. The summed E-state index contributed by atoms with van der Waals surface area (Å²) in [6.07, 6.45) is 0. The monoisotopic (exact) mass is 105 g/mol. The molecule has 0 bridgehead atoms. The van der Waals surface area contributed by atoms with Crippen LogP contribution >= 0.6 is 19.0 Å². The third kappa shape index (κ3) is 4.84. The molecule has 3 heteroatoms. The van der Waals surface area contributed by atoms with Gasteiger partial charge in [-0.05, 0) is 6.66 Å². The Morgan fingerprint density at radius 2 is 2.40 bits per heavy atom. The van der Waals surface area contributed by atoms with Gasteiger partial charge in [0.15, 0.2) is 6.56 Å². The molecule has 0 rings (SSSR count). The first-order valence-electron chi connectivity index (χ1n) is 1.52. The van der Waals surface area contributed by atoms with Gasteiger partial charge in [-0.15, -0.1) is 0 Å². The van der Waals surface area contributed by atoms with E-state index >= 15 is 0 Å². The fourth-order valence-corrected chi connectivity index (χ4v) is 1.06. The summed E-state index contributed by atoms with van der Waals surface area (Å²) in [6, 6.07) is 0. The van der Waals surface area contributed by atoms with Crippen LogP contribution in [0.3, 0.4) is 0 Å². The molecule has 29 valence electrons. The summed E-state index contributed by atoms with van der Waals surface area (Å²) in [5.74, 6) is 0. The minimum absolute atomic E-state index is 1.02. The van der Waals surface area contributed by atoms with Crippen LogP contribution < -0.4 is 0 Å². The van der Waals surface area contributed by atoms with E-state index in [9.17, 15) is 0 Å². The fourth-order valence-electron chi connectivity index (χ4n) is 0.118. The van der Waals surface area contributed by atoms with E-state index in [4.69, 9.17) is 0 Å². The van der Waals surface area contributed by atoms with E-state index in [0.717, 1.165) is 7.78 Å². The maximum absolute atomic E-state index is 2.17. The Balaban J connectivity index is 2.19. The van der Waals surface area contributed by atoms with Gasteiger partial charge in [0.1, 0.15) is 0 Å². The lowest BCUT2D eigenvalue weighted by molar-refractivity contribution is 2.38. The first-order chi connectivity index (χ1) is 2.41. The molecule has 0 aromatic rings. The van der Waals surface area contributed by atoms with E-state index < -0.39 is 0 Å². The van der Waals surface area contributed by atoms with E-state index in [1.807, 2.05) is 11.2 Å². The van der Waals surface area contributed by atoms with Crippen LogP contribution in [0, 0.1) is 0 Å². The summed E-state index contributed by atoms with van der Waals surface area (Å²) in [6.45, 7) is 6.34. The lowest BCUT2D eigenvalue weighted by atomic mass is 10.2. The van der Waals surface area contributed by atoms with Crippen LogP contribution in [-0.4, -0.2) is 13.2 Å². The maximum Gasteiger partial charge on any atom is 0.194 e. The van der Waals surface area contributed by atoms with Crippen molar-refractivity contribution in [3.8, 4) is 0 Å². The Morgan fingerprint density at radius 3 is 2.40 bits per heavy atom. The van der Waals surface area contributed by atoms with Crippen LogP contribution in [0.25, 0.3) is 0 Å². The first-order valence-corrected chi connectivity index (χ1v) is 4.62. The molecule has 0 heterocycles. The Hall–Kier alpha value is 0.845. The van der Waals surface area contributed by atoms with Crippen molar-refractivity contribution >= 4 is 25.6 Å². The highest BCUT2D eigenvalue weighted by Crippen LogP contribution is 2.21. The minimum atomic E-state index is 1.02. The molecule has 0 aliphatic carbocycles. The summed E-state index contributed by atoms with van der Waals surface area (Å²) in [7, 11) is 1.02. The Morgan fingerprint density at radius 1 is 1.80 bits per heavy atom. The smallest absolute Gasteiger partial charge is 0.194 e. The molecule has 0 aromatic carbocycles. The first kappa shape index (κ1) is 5.84. The highest BCUT2D eigenvalue weighted by atomic mass is 32.7.